The molecule has 0 aliphatic carbocycles. The van der Waals surface area contributed by atoms with Crippen molar-refractivity contribution < 1.29 is 9.53 Å². The topological polar surface area (TPSA) is 55.3 Å². The Bertz CT molecular complexity index is 800. The lowest BCUT2D eigenvalue weighted by Crippen LogP contribution is -2.25. The van der Waals surface area contributed by atoms with Gasteiger partial charge in [0.1, 0.15) is 16.3 Å². The third kappa shape index (κ3) is 3.07. The van der Waals surface area contributed by atoms with Crippen molar-refractivity contribution >= 4 is 23.1 Å². The Balaban J connectivity index is 1.92. The molecule has 0 spiro atoms. The van der Waals surface area contributed by atoms with Gasteiger partial charge in [-0.3, -0.25) is 4.79 Å². The Morgan fingerprint density at radius 1 is 1.09 bits per heavy atom. The standard InChI is InChI=1S/C17H15N3O2S/c1-20(13-6-4-3-5-7-13)17(21)16-15(18-19-23-16)12-8-10-14(22-2)11-9-12/h3-11H,1-2H3. The van der Waals surface area contributed by atoms with Crippen LogP contribution in [0.25, 0.3) is 11.3 Å². The van der Waals surface area contributed by atoms with Crippen molar-refractivity contribution in [3.8, 4) is 17.0 Å². The second-order valence-electron chi connectivity index (χ2n) is 4.88. The molecule has 0 radical (unpaired) electrons. The van der Waals surface area contributed by atoms with Crippen LogP contribution in [0.15, 0.2) is 54.6 Å². The number of amides is 1. The third-order valence-corrected chi connectivity index (χ3v) is 4.21. The van der Waals surface area contributed by atoms with Gasteiger partial charge in [-0.2, -0.15) is 0 Å². The minimum atomic E-state index is -0.128. The maximum atomic E-state index is 12.8. The van der Waals surface area contributed by atoms with E-state index in [9.17, 15) is 4.79 Å². The zero-order chi connectivity index (χ0) is 16.2. The van der Waals surface area contributed by atoms with E-state index in [1.807, 2.05) is 54.6 Å². The van der Waals surface area contributed by atoms with Gasteiger partial charge >= 0.3 is 0 Å². The van der Waals surface area contributed by atoms with E-state index in [4.69, 9.17) is 4.74 Å². The summed E-state index contributed by atoms with van der Waals surface area (Å²) in [7, 11) is 3.36. The van der Waals surface area contributed by atoms with E-state index in [2.05, 4.69) is 9.59 Å². The van der Waals surface area contributed by atoms with Crippen LogP contribution >= 0.6 is 11.5 Å². The molecule has 0 atom stereocenters. The molecular formula is C17H15N3O2S. The molecule has 0 N–H and O–H groups in total. The molecule has 0 saturated heterocycles. The highest BCUT2D eigenvalue weighted by Crippen LogP contribution is 2.27. The summed E-state index contributed by atoms with van der Waals surface area (Å²) in [5.74, 6) is 0.628. The highest BCUT2D eigenvalue weighted by molar-refractivity contribution is 7.08. The molecule has 1 aromatic heterocycles. The first-order chi connectivity index (χ1) is 11.2. The molecule has 5 nitrogen and oxygen atoms in total. The molecule has 23 heavy (non-hydrogen) atoms. The highest BCUT2D eigenvalue weighted by atomic mass is 32.1. The monoisotopic (exact) mass is 325 g/mol. The maximum absolute atomic E-state index is 12.8. The van der Waals surface area contributed by atoms with Crippen LogP contribution in [-0.2, 0) is 0 Å². The average Bonchev–Trinajstić information content (AvgIpc) is 3.11. The molecule has 0 aliphatic heterocycles. The molecule has 0 unspecified atom stereocenters. The third-order valence-electron chi connectivity index (χ3n) is 3.49. The molecule has 6 heteroatoms. The summed E-state index contributed by atoms with van der Waals surface area (Å²) in [6, 6.07) is 16.9. The number of hydrogen-bond donors (Lipinski definition) is 0. The van der Waals surface area contributed by atoms with Gasteiger partial charge in [-0.05, 0) is 47.9 Å². The SMILES string of the molecule is COc1ccc(-c2nnsc2C(=O)N(C)c2ccccc2)cc1. The van der Waals surface area contributed by atoms with Crippen molar-refractivity contribution in [1.29, 1.82) is 0 Å². The van der Waals surface area contributed by atoms with Crippen molar-refractivity contribution in [2.75, 3.05) is 19.1 Å². The smallest absolute Gasteiger partial charge is 0.272 e. The predicted octanol–water partition coefficient (Wildman–Crippen LogP) is 3.49. The number of para-hydroxylation sites is 1. The normalized spacial score (nSPS) is 10.3. The summed E-state index contributed by atoms with van der Waals surface area (Å²) in [6.07, 6.45) is 0. The van der Waals surface area contributed by atoms with E-state index in [1.54, 1.807) is 19.1 Å². The molecule has 1 heterocycles. The lowest BCUT2D eigenvalue weighted by atomic mass is 10.1. The number of rotatable bonds is 4. The fourth-order valence-corrected chi connectivity index (χ4v) is 2.85. The molecule has 3 rings (SSSR count). The molecule has 116 valence electrons. The van der Waals surface area contributed by atoms with Crippen LogP contribution in [0.5, 0.6) is 5.75 Å². The number of benzene rings is 2. The van der Waals surface area contributed by atoms with Crippen LogP contribution in [0, 0.1) is 0 Å². The molecule has 0 bridgehead atoms. The Hall–Kier alpha value is -2.73. The van der Waals surface area contributed by atoms with Crippen LogP contribution in [0.3, 0.4) is 0 Å². The van der Waals surface area contributed by atoms with E-state index in [-0.39, 0.29) is 5.91 Å². The van der Waals surface area contributed by atoms with Gasteiger partial charge in [0.2, 0.25) is 0 Å². The zero-order valence-electron chi connectivity index (χ0n) is 12.8. The van der Waals surface area contributed by atoms with Gasteiger partial charge in [0.05, 0.1) is 7.11 Å². The second-order valence-corrected chi connectivity index (χ2v) is 5.63. The average molecular weight is 325 g/mol. The Labute approximate surface area is 138 Å². The molecule has 0 aliphatic rings. The number of methoxy groups -OCH3 is 1. The lowest BCUT2D eigenvalue weighted by molar-refractivity contribution is 0.0997. The van der Waals surface area contributed by atoms with Crippen molar-refractivity contribution in [2.24, 2.45) is 0 Å². The van der Waals surface area contributed by atoms with E-state index >= 15 is 0 Å². The highest BCUT2D eigenvalue weighted by Gasteiger charge is 2.22. The summed E-state index contributed by atoms with van der Waals surface area (Å²) in [4.78, 5) is 14.9. The first-order valence-corrected chi connectivity index (χ1v) is 7.78. The molecule has 2 aromatic carbocycles. The minimum Gasteiger partial charge on any atom is -0.497 e. The number of carbonyl (C=O) groups excluding carboxylic acids is 1. The molecule has 3 aromatic rings. The van der Waals surface area contributed by atoms with Crippen molar-refractivity contribution in [3.63, 3.8) is 0 Å². The first-order valence-electron chi connectivity index (χ1n) is 7.00. The van der Waals surface area contributed by atoms with E-state index in [0.29, 0.717) is 10.6 Å². The minimum absolute atomic E-state index is 0.128. The van der Waals surface area contributed by atoms with Gasteiger partial charge < -0.3 is 9.64 Å². The van der Waals surface area contributed by atoms with Crippen LogP contribution in [0.1, 0.15) is 9.67 Å². The van der Waals surface area contributed by atoms with Gasteiger partial charge in [-0.1, -0.05) is 22.7 Å². The molecular weight excluding hydrogens is 310 g/mol. The van der Waals surface area contributed by atoms with Gasteiger partial charge in [0.15, 0.2) is 0 Å². The number of hydrogen-bond acceptors (Lipinski definition) is 5. The number of ether oxygens (including phenoxy) is 1. The summed E-state index contributed by atoms with van der Waals surface area (Å²) in [5.41, 5.74) is 2.25. The molecule has 1 amide bonds. The quantitative estimate of drug-likeness (QED) is 0.737. The fraction of sp³-hybridized carbons (Fsp3) is 0.118. The van der Waals surface area contributed by atoms with E-state index in [0.717, 1.165) is 28.5 Å². The maximum Gasteiger partial charge on any atom is 0.272 e. The summed E-state index contributed by atoms with van der Waals surface area (Å²) in [5, 5.41) is 4.12. The van der Waals surface area contributed by atoms with E-state index < -0.39 is 0 Å². The number of aromatic nitrogens is 2. The molecule has 0 saturated carbocycles. The first kappa shape index (κ1) is 15.2. The van der Waals surface area contributed by atoms with Gasteiger partial charge in [-0.15, -0.1) is 5.10 Å². The summed E-state index contributed by atoms with van der Waals surface area (Å²) in [6.45, 7) is 0. The Kier molecular flexibility index (Phi) is 4.34. The fourth-order valence-electron chi connectivity index (χ4n) is 2.19. The van der Waals surface area contributed by atoms with E-state index in [1.165, 1.54) is 0 Å². The largest absolute Gasteiger partial charge is 0.497 e. The van der Waals surface area contributed by atoms with Gasteiger partial charge in [0, 0.05) is 18.3 Å². The van der Waals surface area contributed by atoms with Crippen LogP contribution < -0.4 is 9.64 Å². The zero-order valence-corrected chi connectivity index (χ0v) is 13.6. The second kappa shape index (κ2) is 6.58. The van der Waals surface area contributed by atoms with Crippen LogP contribution in [0.4, 0.5) is 5.69 Å². The predicted molar refractivity (Wildman–Crippen MR) is 91.1 cm³/mol. The number of carbonyl (C=O) groups is 1. The van der Waals surface area contributed by atoms with Crippen molar-refractivity contribution in [3.05, 3.63) is 59.5 Å². The van der Waals surface area contributed by atoms with Crippen LogP contribution in [-0.4, -0.2) is 29.7 Å². The summed E-state index contributed by atoms with van der Waals surface area (Å²) < 4.78 is 9.10. The number of anilines is 1. The van der Waals surface area contributed by atoms with Gasteiger partial charge in [-0.25, -0.2) is 0 Å². The van der Waals surface area contributed by atoms with Crippen molar-refractivity contribution in [1.82, 2.24) is 9.59 Å². The lowest BCUT2D eigenvalue weighted by Gasteiger charge is -2.16. The molecule has 0 fully saturated rings. The summed E-state index contributed by atoms with van der Waals surface area (Å²) >= 11 is 1.10. The Morgan fingerprint density at radius 3 is 2.43 bits per heavy atom. The van der Waals surface area contributed by atoms with Crippen LogP contribution in [0.2, 0.25) is 0 Å². The van der Waals surface area contributed by atoms with Gasteiger partial charge in [0.25, 0.3) is 5.91 Å². The Morgan fingerprint density at radius 2 is 1.78 bits per heavy atom. The number of nitrogens with zero attached hydrogens (tertiary/aromatic N) is 3. The van der Waals surface area contributed by atoms with Crippen molar-refractivity contribution in [2.45, 2.75) is 0 Å².